The van der Waals surface area contributed by atoms with E-state index in [-0.39, 0.29) is 6.42 Å². The molecule has 0 bridgehead atoms. The Morgan fingerprint density at radius 1 is 1.17 bits per heavy atom. The van der Waals surface area contributed by atoms with Crippen molar-refractivity contribution in [2.24, 2.45) is 0 Å². The molecule has 0 aliphatic heterocycles. The second-order valence-corrected chi connectivity index (χ2v) is 6.24. The van der Waals surface area contributed by atoms with Crippen LogP contribution in [0.5, 0.6) is 0 Å². The monoisotopic (exact) mass is 338 g/mol. The van der Waals surface area contributed by atoms with Crippen molar-refractivity contribution in [3.8, 4) is 0 Å². The van der Waals surface area contributed by atoms with E-state index in [0.717, 1.165) is 12.3 Å². The minimum absolute atomic E-state index is 0.197. The van der Waals surface area contributed by atoms with Crippen LogP contribution in [0, 0.1) is 0 Å². The van der Waals surface area contributed by atoms with Gasteiger partial charge in [-0.3, -0.25) is 9.97 Å². The largest absolute Gasteiger partial charge is 0.433 e. The highest BCUT2D eigenvalue weighted by molar-refractivity contribution is 5.31. The number of nitrogens with zero attached hydrogens (tertiary/aromatic N) is 2. The summed E-state index contributed by atoms with van der Waals surface area (Å²) in [6.45, 7) is 0. The Balaban J connectivity index is 1.89. The Bertz CT molecular complexity index is 700. The molecule has 0 aromatic carbocycles. The normalized spacial score (nSPS) is 25.1. The van der Waals surface area contributed by atoms with Gasteiger partial charge in [0.1, 0.15) is 5.69 Å². The lowest BCUT2D eigenvalue weighted by Crippen LogP contribution is -2.45. The van der Waals surface area contributed by atoms with E-state index in [1.807, 2.05) is 0 Å². The first-order chi connectivity index (χ1) is 11.3. The molecular formula is C17H17F3N2O2. The molecule has 24 heavy (non-hydrogen) atoms. The van der Waals surface area contributed by atoms with Gasteiger partial charge in [-0.1, -0.05) is 6.07 Å². The summed E-state index contributed by atoms with van der Waals surface area (Å²) in [4.78, 5) is 7.46. The molecule has 1 saturated carbocycles. The molecule has 0 saturated heterocycles. The van der Waals surface area contributed by atoms with Crippen LogP contribution in [-0.4, -0.2) is 26.3 Å². The van der Waals surface area contributed by atoms with Crippen molar-refractivity contribution in [2.75, 3.05) is 0 Å². The van der Waals surface area contributed by atoms with E-state index < -0.39 is 29.5 Å². The van der Waals surface area contributed by atoms with Gasteiger partial charge in [0.05, 0.1) is 17.9 Å². The molecule has 2 aromatic rings. The van der Waals surface area contributed by atoms with Crippen LogP contribution < -0.4 is 0 Å². The van der Waals surface area contributed by atoms with Crippen LogP contribution >= 0.6 is 0 Å². The van der Waals surface area contributed by atoms with Crippen molar-refractivity contribution in [2.45, 2.75) is 43.1 Å². The highest BCUT2D eigenvalue weighted by atomic mass is 19.4. The molecule has 0 amide bonds. The van der Waals surface area contributed by atoms with E-state index >= 15 is 0 Å². The molecule has 2 N–H and O–H groups in total. The van der Waals surface area contributed by atoms with E-state index in [1.165, 1.54) is 6.07 Å². The van der Waals surface area contributed by atoms with Crippen LogP contribution in [0.2, 0.25) is 0 Å². The van der Waals surface area contributed by atoms with Crippen LogP contribution in [0.25, 0.3) is 0 Å². The number of pyridine rings is 2. The molecule has 128 valence electrons. The van der Waals surface area contributed by atoms with Crippen molar-refractivity contribution < 1.29 is 23.4 Å². The molecule has 7 heteroatoms. The van der Waals surface area contributed by atoms with Gasteiger partial charge in [0.2, 0.25) is 0 Å². The van der Waals surface area contributed by atoms with Gasteiger partial charge in [0, 0.05) is 17.8 Å². The molecule has 1 aliphatic carbocycles. The van der Waals surface area contributed by atoms with Crippen LogP contribution in [0.15, 0.2) is 42.7 Å². The summed E-state index contributed by atoms with van der Waals surface area (Å²) >= 11 is 0. The lowest BCUT2D eigenvalue weighted by Gasteiger charge is -2.47. The predicted molar refractivity (Wildman–Crippen MR) is 80.0 cm³/mol. The third kappa shape index (κ3) is 3.27. The number of rotatable bonds is 4. The first kappa shape index (κ1) is 16.9. The third-order valence-electron chi connectivity index (χ3n) is 4.53. The standard InChI is InChI=1S/C17H17F3N2O2/c18-17(19,20)15-7-11(4-6-22-15)16(8-12(23)9-16)10-14(24)13-3-1-2-5-21-13/h1-7,12,14,23-24H,8-10H2. The zero-order chi connectivity index (χ0) is 17.4. The summed E-state index contributed by atoms with van der Waals surface area (Å²) in [6, 6.07) is 7.66. The maximum atomic E-state index is 12.9. The number of alkyl halides is 3. The summed E-state index contributed by atoms with van der Waals surface area (Å²) in [5.41, 5.74) is -0.777. The number of aromatic nitrogens is 2. The molecule has 2 aromatic heterocycles. The fraction of sp³-hybridized carbons (Fsp3) is 0.412. The molecule has 2 heterocycles. The van der Waals surface area contributed by atoms with Crippen molar-refractivity contribution in [1.29, 1.82) is 0 Å². The van der Waals surface area contributed by atoms with Crippen LogP contribution in [0.3, 0.4) is 0 Å². The van der Waals surface area contributed by atoms with E-state index in [1.54, 1.807) is 24.4 Å². The SMILES string of the molecule is OC1CC(CC(O)c2ccccn2)(c2ccnc(C(F)(F)F)c2)C1. The summed E-state index contributed by atoms with van der Waals surface area (Å²) in [7, 11) is 0. The summed E-state index contributed by atoms with van der Waals surface area (Å²) in [5.74, 6) is 0. The highest BCUT2D eigenvalue weighted by Gasteiger charge is 2.47. The number of hydrogen-bond donors (Lipinski definition) is 2. The molecule has 1 atom stereocenters. The number of aliphatic hydroxyl groups excluding tert-OH is 2. The summed E-state index contributed by atoms with van der Waals surface area (Å²) in [6.07, 6.45) is -2.55. The fourth-order valence-electron chi connectivity index (χ4n) is 3.33. The zero-order valence-electron chi connectivity index (χ0n) is 12.7. The van der Waals surface area contributed by atoms with Gasteiger partial charge in [0.25, 0.3) is 0 Å². The molecule has 1 fully saturated rings. The highest BCUT2D eigenvalue weighted by Crippen LogP contribution is 2.49. The Kier molecular flexibility index (Phi) is 4.31. The van der Waals surface area contributed by atoms with Gasteiger partial charge in [-0.15, -0.1) is 0 Å². The lowest BCUT2D eigenvalue weighted by atomic mass is 9.60. The molecule has 4 nitrogen and oxygen atoms in total. The number of aliphatic hydroxyl groups is 2. The van der Waals surface area contributed by atoms with Gasteiger partial charge >= 0.3 is 6.18 Å². The molecule has 0 spiro atoms. The summed E-state index contributed by atoms with van der Waals surface area (Å²) < 4.78 is 38.7. The van der Waals surface area contributed by atoms with E-state index in [0.29, 0.717) is 24.1 Å². The molecule has 1 unspecified atom stereocenters. The van der Waals surface area contributed by atoms with E-state index in [2.05, 4.69) is 9.97 Å². The third-order valence-corrected chi connectivity index (χ3v) is 4.53. The van der Waals surface area contributed by atoms with Crippen molar-refractivity contribution in [3.05, 3.63) is 59.7 Å². The predicted octanol–water partition coefficient (Wildman–Crippen LogP) is 3.01. The Labute approximate surface area is 137 Å². The maximum absolute atomic E-state index is 12.9. The summed E-state index contributed by atoms with van der Waals surface area (Å²) in [5, 5.41) is 20.1. The van der Waals surface area contributed by atoms with Gasteiger partial charge in [0.15, 0.2) is 0 Å². The average molecular weight is 338 g/mol. The molecule has 3 rings (SSSR count). The topological polar surface area (TPSA) is 66.2 Å². The second kappa shape index (κ2) is 6.14. The van der Waals surface area contributed by atoms with Crippen LogP contribution in [0.4, 0.5) is 13.2 Å². The minimum Gasteiger partial charge on any atom is -0.393 e. The molecular weight excluding hydrogens is 321 g/mol. The number of halogens is 3. The van der Waals surface area contributed by atoms with Gasteiger partial charge < -0.3 is 10.2 Å². The van der Waals surface area contributed by atoms with Gasteiger partial charge in [-0.2, -0.15) is 13.2 Å². The van der Waals surface area contributed by atoms with Crippen LogP contribution in [-0.2, 0) is 11.6 Å². The Morgan fingerprint density at radius 2 is 1.92 bits per heavy atom. The Morgan fingerprint density at radius 3 is 2.50 bits per heavy atom. The first-order valence-electron chi connectivity index (χ1n) is 7.61. The van der Waals surface area contributed by atoms with Gasteiger partial charge in [-0.05, 0) is 49.1 Å². The van der Waals surface area contributed by atoms with Crippen molar-refractivity contribution in [1.82, 2.24) is 9.97 Å². The van der Waals surface area contributed by atoms with Gasteiger partial charge in [-0.25, -0.2) is 0 Å². The number of hydrogen-bond acceptors (Lipinski definition) is 4. The molecule has 0 radical (unpaired) electrons. The minimum atomic E-state index is -4.53. The Hall–Kier alpha value is -1.99. The van der Waals surface area contributed by atoms with Crippen LogP contribution in [0.1, 0.15) is 42.3 Å². The van der Waals surface area contributed by atoms with E-state index in [9.17, 15) is 23.4 Å². The van der Waals surface area contributed by atoms with Crippen molar-refractivity contribution >= 4 is 0 Å². The average Bonchev–Trinajstić information content (AvgIpc) is 2.53. The smallest absolute Gasteiger partial charge is 0.393 e. The van der Waals surface area contributed by atoms with E-state index in [4.69, 9.17) is 0 Å². The molecule has 1 aliphatic rings. The second-order valence-electron chi connectivity index (χ2n) is 6.24. The quantitative estimate of drug-likeness (QED) is 0.899. The zero-order valence-corrected chi connectivity index (χ0v) is 12.7. The van der Waals surface area contributed by atoms with Crippen molar-refractivity contribution in [3.63, 3.8) is 0 Å². The maximum Gasteiger partial charge on any atom is 0.433 e. The first-order valence-corrected chi connectivity index (χ1v) is 7.61. The lowest BCUT2D eigenvalue weighted by molar-refractivity contribution is -0.141. The fourth-order valence-corrected chi connectivity index (χ4v) is 3.33.